The number of rotatable bonds is 7. The molecule has 3 aromatic carbocycles. The molecule has 0 saturated carbocycles. The minimum Gasteiger partial charge on any atom is -0.493 e. The Kier molecular flexibility index (Phi) is 6.85. The predicted molar refractivity (Wildman–Crippen MR) is 121 cm³/mol. The van der Waals surface area contributed by atoms with Gasteiger partial charge in [-0.2, -0.15) is 0 Å². The Morgan fingerprint density at radius 3 is 2.10 bits per heavy atom. The van der Waals surface area contributed by atoms with Crippen molar-refractivity contribution < 1.29 is 14.3 Å². The van der Waals surface area contributed by atoms with Gasteiger partial charge >= 0.3 is 0 Å². The molecule has 1 aliphatic rings. The Morgan fingerprint density at radius 2 is 1.45 bits per heavy atom. The Morgan fingerprint density at radius 1 is 0.806 bits per heavy atom. The SMILES string of the molecule is COc1cc(C(=O)N2CCN(Cc3ccccc3)CC2)ccc1OCc1ccccc1. The summed E-state index contributed by atoms with van der Waals surface area (Å²) in [6, 6.07) is 25.8. The summed E-state index contributed by atoms with van der Waals surface area (Å²) < 4.78 is 11.4. The summed E-state index contributed by atoms with van der Waals surface area (Å²) in [5.41, 5.74) is 3.01. The van der Waals surface area contributed by atoms with Gasteiger partial charge in [0.1, 0.15) is 6.61 Å². The molecule has 1 saturated heterocycles. The molecule has 0 radical (unpaired) electrons. The summed E-state index contributed by atoms with van der Waals surface area (Å²) in [6.07, 6.45) is 0. The van der Waals surface area contributed by atoms with Crippen molar-refractivity contribution in [3.05, 3.63) is 95.6 Å². The van der Waals surface area contributed by atoms with Crippen LogP contribution < -0.4 is 9.47 Å². The van der Waals surface area contributed by atoms with Crippen LogP contribution in [0.1, 0.15) is 21.5 Å². The Hall–Kier alpha value is -3.31. The van der Waals surface area contributed by atoms with E-state index in [0.717, 1.165) is 38.3 Å². The standard InChI is InChI=1S/C26H28N2O3/c1-30-25-18-23(12-13-24(25)31-20-22-10-6-3-7-11-22)26(29)28-16-14-27(15-17-28)19-21-8-4-2-5-9-21/h2-13,18H,14-17,19-20H2,1H3. The number of nitrogens with zero attached hydrogens (tertiary/aromatic N) is 2. The van der Waals surface area contributed by atoms with Crippen molar-refractivity contribution in [2.45, 2.75) is 13.2 Å². The first kappa shape index (κ1) is 20.9. The van der Waals surface area contributed by atoms with Gasteiger partial charge in [0.25, 0.3) is 5.91 Å². The van der Waals surface area contributed by atoms with E-state index in [9.17, 15) is 4.79 Å². The molecule has 1 heterocycles. The summed E-state index contributed by atoms with van der Waals surface area (Å²) in [5, 5.41) is 0. The fraction of sp³-hybridized carbons (Fsp3) is 0.269. The van der Waals surface area contributed by atoms with Gasteiger partial charge < -0.3 is 14.4 Å². The minimum absolute atomic E-state index is 0.0345. The van der Waals surface area contributed by atoms with Gasteiger partial charge in [0.05, 0.1) is 7.11 Å². The van der Waals surface area contributed by atoms with Crippen molar-refractivity contribution in [2.75, 3.05) is 33.3 Å². The van der Waals surface area contributed by atoms with E-state index in [1.165, 1.54) is 5.56 Å². The van der Waals surface area contributed by atoms with Crippen LogP contribution in [0, 0.1) is 0 Å². The van der Waals surface area contributed by atoms with Crippen LogP contribution in [0.5, 0.6) is 11.5 Å². The van der Waals surface area contributed by atoms with E-state index >= 15 is 0 Å². The highest BCUT2D eigenvalue weighted by Gasteiger charge is 2.23. The van der Waals surface area contributed by atoms with Crippen LogP contribution in [0.2, 0.25) is 0 Å². The molecule has 1 fully saturated rings. The summed E-state index contributed by atoms with van der Waals surface area (Å²) in [6.45, 7) is 4.56. The highest BCUT2D eigenvalue weighted by molar-refractivity contribution is 5.95. The number of methoxy groups -OCH3 is 1. The first-order valence-electron chi connectivity index (χ1n) is 10.6. The fourth-order valence-corrected chi connectivity index (χ4v) is 3.79. The number of benzene rings is 3. The highest BCUT2D eigenvalue weighted by atomic mass is 16.5. The third-order valence-corrected chi connectivity index (χ3v) is 5.56. The number of hydrogen-bond acceptors (Lipinski definition) is 4. The Bertz CT molecular complexity index is 984. The smallest absolute Gasteiger partial charge is 0.254 e. The minimum atomic E-state index is 0.0345. The molecule has 0 aliphatic carbocycles. The van der Waals surface area contributed by atoms with Crippen molar-refractivity contribution in [1.82, 2.24) is 9.80 Å². The molecule has 3 aromatic rings. The van der Waals surface area contributed by atoms with Crippen LogP contribution in [-0.4, -0.2) is 49.0 Å². The molecule has 0 unspecified atom stereocenters. The monoisotopic (exact) mass is 416 g/mol. The van der Waals surface area contributed by atoms with Crippen LogP contribution in [0.15, 0.2) is 78.9 Å². The second kappa shape index (κ2) is 10.1. The normalized spacial score (nSPS) is 14.3. The maximum Gasteiger partial charge on any atom is 0.254 e. The zero-order chi connectivity index (χ0) is 21.5. The van der Waals surface area contributed by atoms with Crippen LogP contribution in [0.4, 0.5) is 0 Å². The summed E-state index contributed by atoms with van der Waals surface area (Å²) in [4.78, 5) is 17.3. The first-order valence-corrected chi connectivity index (χ1v) is 10.6. The third kappa shape index (κ3) is 5.44. The summed E-state index contributed by atoms with van der Waals surface area (Å²) >= 11 is 0. The first-order chi connectivity index (χ1) is 15.2. The number of hydrogen-bond donors (Lipinski definition) is 0. The Labute approximate surface area is 183 Å². The molecule has 0 aromatic heterocycles. The number of ether oxygens (including phenoxy) is 2. The Balaban J connectivity index is 1.35. The lowest BCUT2D eigenvalue weighted by Gasteiger charge is -2.34. The second-order valence-electron chi connectivity index (χ2n) is 7.69. The predicted octanol–water partition coefficient (Wildman–Crippen LogP) is 4.23. The van der Waals surface area contributed by atoms with Gasteiger partial charge in [-0.25, -0.2) is 0 Å². The van der Waals surface area contributed by atoms with Gasteiger partial charge in [-0.1, -0.05) is 60.7 Å². The van der Waals surface area contributed by atoms with Crippen molar-refractivity contribution in [3.8, 4) is 11.5 Å². The number of carbonyl (C=O) groups is 1. The van der Waals surface area contributed by atoms with Crippen LogP contribution in [0.25, 0.3) is 0 Å². The molecule has 0 bridgehead atoms. The van der Waals surface area contributed by atoms with E-state index in [1.54, 1.807) is 13.2 Å². The van der Waals surface area contributed by atoms with E-state index in [4.69, 9.17) is 9.47 Å². The van der Waals surface area contributed by atoms with Crippen molar-refractivity contribution in [3.63, 3.8) is 0 Å². The lowest BCUT2D eigenvalue weighted by molar-refractivity contribution is 0.0628. The molecule has 1 aliphatic heterocycles. The highest BCUT2D eigenvalue weighted by Crippen LogP contribution is 2.29. The van der Waals surface area contributed by atoms with Gasteiger partial charge in [-0.3, -0.25) is 9.69 Å². The lowest BCUT2D eigenvalue weighted by atomic mass is 10.1. The van der Waals surface area contributed by atoms with E-state index < -0.39 is 0 Å². The van der Waals surface area contributed by atoms with E-state index in [2.05, 4.69) is 29.2 Å². The second-order valence-corrected chi connectivity index (χ2v) is 7.69. The molecular formula is C26H28N2O3. The molecular weight excluding hydrogens is 388 g/mol. The molecule has 0 spiro atoms. The van der Waals surface area contributed by atoms with Gasteiger partial charge in [-0.15, -0.1) is 0 Å². The van der Waals surface area contributed by atoms with E-state index in [1.807, 2.05) is 53.4 Å². The van der Waals surface area contributed by atoms with Crippen LogP contribution in [-0.2, 0) is 13.2 Å². The molecule has 0 N–H and O–H groups in total. The van der Waals surface area contributed by atoms with Crippen LogP contribution in [0.3, 0.4) is 0 Å². The maximum atomic E-state index is 13.0. The summed E-state index contributed by atoms with van der Waals surface area (Å²) in [5.74, 6) is 1.24. The largest absolute Gasteiger partial charge is 0.493 e. The lowest BCUT2D eigenvalue weighted by Crippen LogP contribution is -2.48. The summed E-state index contributed by atoms with van der Waals surface area (Å²) in [7, 11) is 1.60. The molecule has 31 heavy (non-hydrogen) atoms. The maximum absolute atomic E-state index is 13.0. The average Bonchev–Trinajstić information content (AvgIpc) is 2.84. The van der Waals surface area contributed by atoms with Crippen molar-refractivity contribution in [1.29, 1.82) is 0 Å². The van der Waals surface area contributed by atoms with E-state index in [-0.39, 0.29) is 5.91 Å². The number of carbonyl (C=O) groups excluding carboxylic acids is 1. The van der Waals surface area contributed by atoms with Crippen molar-refractivity contribution in [2.24, 2.45) is 0 Å². The van der Waals surface area contributed by atoms with Gasteiger partial charge in [0.2, 0.25) is 0 Å². The molecule has 5 heteroatoms. The molecule has 4 rings (SSSR count). The molecule has 0 atom stereocenters. The third-order valence-electron chi connectivity index (χ3n) is 5.56. The van der Waals surface area contributed by atoms with Gasteiger partial charge in [0, 0.05) is 38.3 Å². The fourth-order valence-electron chi connectivity index (χ4n) is 3.79. The van der Waals surface area contributed by atoms with E-state index in [0.29, 0.717) is 23.7 Å². The zero-order valence-electron chi connectivity index (χ0n) is 17.9. The molecule has 160 valence electrons. The van der Waals surface area contributed by atoms with Crippen molar-refractivity contribution >= 4 is 5.91 Å². The molecule has 1 amide bonds. The zero-order valence-corrected chi connectivity index (χ0v) is 17.9. The number of amides is 1. The topological polar surface area (TPSA) is 42.0 Å². The number of piperazine rings is 1. The quantitative estimate of drug-likeness (QED) is 0.578. The van der Waals surface area contributed by atoms with Gasteiger partial charge in [-0.05, 0) is 29.3 Å². The van der Waals surface area contributed by atoms with Crippen LogP contribution >= 0.6 is 0 Å². The average molecular weight is 417 g/mol. The molecule has 5 nitrogen and oxygen atoms in total. The van der Waals surface area contributed by atoms with Gasteiger partial charge in [0.15, 0.2) is 11.5 Å².